The smallest absolute Gasteiger partial charge is 0.226 e. The molecular weight excluding hydrogens is 248 g/mol. The van der Waals surface area contributed by atoms with Gasteiger partial charge >= 0.3 is 0 Å². The van der Waals surface area contributed by atoms with Gasteiger partial charge in [0.15, 0.2) is 0 Å². The van der Waals surface area contributed by atoms with Gasteiger partial charge in [0.05, 0.1) is 0 Å². The second-order valence-corrected chi connectivity index (χ2v) is 5.65. The molecule has 110 valence electrons. The zero-order valence-corrected chi connectivity index (χ0v) is 12.6. The van der Waals surface area contributed by atoms with E-state index in [0.29, 0.717) is 31.0 Å². The highest BCUT2D eigenvalue weighted by molar-refractivity contribution is 5.83. The first-order valence-electron chi connectivity index (χ1n) is 7.78. The predicted molar refractivity (Wildman–Crippen MR) is 82.4 cm³/mol. The van der Waals surface area contributed by atoms with Crippen molar-refractivity contribution in [2.75, 3.05) is 13.1 Å². The zero-order chi connectivity index (χ0) is 14.5. The molecule has 2 N–H and O–H groups in total. The van der Waals surface area contributed by atoms with E-state index in [4.69, 9.17) is 5.73 Å². The van der Waals surface area contributed by atoms with E-state index in [1.54, 1.807) is 0 Å². The van der Waals surface area contributed by atoms with Gasteiger partial charge in [-0.05, 0) is 30.7 Å². The maximum absolute atomic E-state index is 12.7. The first-order chi connectivity index (χ1) is 9.72. The molecule has 1 aromatic carbocycles. The first-order valence-corrected chi connectivity index (χ1v) is 7.78. The lowest BCUT2D eigenvalue weighted by Crippen LogP contribution is -2.43. The van der Waals surface area contributed by atoms with Crippen molar-refractivity contribution in [2.24, 2.45) is 11.7 Å². The van der Waals surface area contributed by atoms with Crippen molar-refractivity contribution >= 4 is 5.91 Å². The Bertz CT molecular complexity index is 428. The highest BCUT2D eigenvalue weighted by Gasteiger charge is 2.46. The number of nitrogens with zero attached hydrogens (tertiary/aromatic N) is 1. The summed E-state index contributed by atoms with van der Waals surface area (Å²) in [5, 5.41) is 0. The Labute approximate surface area is 122 Å². The third-order valence-corrected chi connectivity index (χ3v) is 4.37. The standard InChI is InChI=1S/C17H26N2O/c1-3-14(4-2)19(11-10-18)17(20)16-12-15(16)13-8-6-5-7-9-13/h5-9,14-16H,3-4,10-12,18H2,1-2H3. The van der Waals surface area contributed by atoms with E-state index in [-0.39, 0.29) is 5.92 Å². The van der Waals surface area contributed by atoms with Gasteiger partial charge in [-0.15, -0.1) is 0 Å². The second kappa shape index (κ2) is 6.89. The van der Waals surface area contributed by atoms with Crippen molar-refractivity contribution < 1.29 is 4.79 Å². The molecule has 3 heteroatoms. The fourth-order valence-corrected chi connectivity index (χ4v) is 3.09. The molecule has 20 heavy (non-hydrogen) atoms. The van der Waals surface area contributed by atoms with Crippen LogP contribution in [0.5, 0.6) is 0 Å². The number of rotatable bonds is 7. The maximum Gasteiger partial charge on any atom is 0.226 e. The van der Waals surface area contributed by atoms with E-state index in [2.05, 4.69) is 26.0 Å². The van der Waals surface area contributed by atoms with Crippen molar-refractivity contribution in [3.8, 4) is 0 Å². The molecule has 1 aliphatic rings. The Hall–Kier alpha value is -1.35. The fraction of sp³-hybridized carbons (Fsp3) is 0.588. The molecule has 0 saturated heterocycles. The number of hydrogen-bond acceptors (Lipinski definition) is 2. The van der Waals surface area contributed by atoms with Crippen LogP contribution in [0.4, 0.5) is 0 Å². The molecule has 1 aromatic rings. The number of hydrogen-bond donors (Lipinski definition) is 1. The normalized spacial score (nSPS) is 21.0. The zero-order valence-electron chi connectivity index (χ0n) is 12.6. The van der Waals surface area contributed by atoms with Crippen LogP contribution in [0.25, 0.3) is 0 Å². The van der Waals surface area contributed by atoms with Gasteiger partial charge in [0.1, 0.15) is 0 Å². The van der Waals surface area contributed by atoms with Gasteiger partial charge in [-0.25, -0.2) is 0 Å². The highest BCUT2D eigenvalue weighted by Crippen LogP contribution is 2.48. The number of carbonyl (C=O) groups excluding carboxylic acids is 1. The van der Waals surface area contributed by atoms with Crippen molar-refractivity contribution in [3.63, 3.8) is 0 Å². The van der Waals surface area contributed by atoms with E-state index < -0.39 is 0 Å². The molecule has 1 aliphatic carbocycles. The van der Waals surface area contributed by atoms with E-state index in [9.17, 15) is 4.79 Å². The second-order valence-electron chi connectivity index (χ2n) is 5.65. The van der Waals surface area contributed by atoms with E-state index >= 15 is 0 Å². The van der Waals surface area contributed by atoms with Crippen LogP contribution >= 0.6 is 0 Å². The molecule has 2 atom stereocenters. The fourth-order valence-electron chi connectivity index (χ4n) is 3.09. The number of carbonyl (C=O) groups is 1. The Morgan fingerprint density at radius 2 is 1.95 bits per heavy atom. The SMILES string of the molecule is CCC(CC)N(CCN)C(=O)C1CC1c1ccccc1. The number of amides is 1. The summed E-state index contributed by atoms with van der Waals surface area (Å²) in [6, 6.07) is 10.7. The molecule has 1 saturated carbocycles. The van der Waals surface area contributed by atoms with Gasteiger partial charge in [-0.2, -0.15) is 0 Å². The van der Waals surface area contributed by atoms with Crippen molar-refractivity contribution in [1.82, 2.24) is 4.90 Å². The van der Waals surface area contributed by atoms with E-state index in [1.807, 2.05) is 23.1 Å². The molecular formula is C17H26N2O. The quantitative estimate of drug-likeness (QED) is 0.831. The van der Waals surface area contributed by atoms with Crippen LogP contribution in [0.2, 0.25) is 0 Å². The monoisotopic (exact) mass is 274 g/mol. The molecule has 1 fully saturated rings. The van der Waals surface area contributed by atoms with Crippen molar-refractivity contribution in [1.29, 1.82) is 0 Å². The Balaban J connectivity index is 2.03. The van der Waals surface area contributed by atoms with Gasteiger partial charge in [0.25, 0.3) is 0 Å². The maximum atomic E-state index is 12.7. The Morgan fingerprint density at radius 1 is 1.30 bits per heavy atom. The molecule has 2 unspecified atom stereocenters. The average molecular weight is 274 g/mol. The van der Waals surface area contributed by atoms with Crippen LogP contribution in [-0.2, 0) is 4.79 Å². The summed E-state index contributed by atoms with van der Waals surface area (Å²) in [5.41, 5.74) is 6.98. The molecule has 1 amide bonds. The summed E-state index contributed by atoms with van der Waals surface area (Å²) in [6.45, 7) is 5.52. The minimum Gasteiger partial charge on any atom is -0.338 e. The van der Waals surface area contributed by atoms with Gasteiger partial charge in [0, 0.05) is 25.0 Å². The van der Waals surface area contributed by atoms with Crippen LogP contribution in [0.15, 0.2) is 30.3 Å². The summed E-state index contributed by atoms with van der Waals surface area (Å²) in [5.74, 6) is 0.890. The topological polar surface area (TPSA) is 46.3 Å². The third kappa shape index (κ3) is 3.21. The minimum atomic E-state index is 0.171. The van der Waals surface area contributed by atoms with Gasteiger partial charge in [-0.3, -0.25) is 4.79 Å². The largest absolute Gasteiger partial charge is 0.338 e. The molecule has 0 heterocycles. The van der Waals surface area contributed by atoms with Gasteiger partial charge in [0.2, 0.25) is 5.91 Å². The molecule has 0 aromatic heterocycles. The molecule has 0 aliphatic heterocycles. The van der Waals surface area contributed by atoms with Crippen LogP contribution in [-0.4, -0.2) is 29.9 Å². The lowest BCUT2D eigenvalue weighted by Gasteiger charge is -2.30. The van der Waals surface area contributed by atoms with E-state index in [1.165, 1.54) is 5.56 Å². The van der Waals surface area contributed by atoms with E-state index in [0.717, 1.165) is 19.3 Å². The Morgan fingerprint density at radius 3 is 2.50 bits per heavy atom. The van der Waals surface area contributed by atoms with Crippen LogP contribution in [0, 0.1) is 5.92 Å². The summed E-state index contributed by atoms with van der Waals surface area (Å²) in [7, 11) is 0. The molecule has 0 radical (unpaired) electrons. The highest BCUT2D eigenvalue weighted by atomic mass is 16.2. The minimum absolute atomic E-state index is 0.171. The lowest BCUT2D eigenvalue weighted by atomic mass is 10.1. The first kappa shape index (κ1) is 15.0. The molecule has 0 bridgehead atoms. The van der Waals surface area contributed by atoms with Crippen LogP contribution in [0.3, 0.4) is 0 Å². The average Bonchev–Trinajstić information content (AvgIpc) is 3.28. The van der Waals surface area contributed by atoms with Crippen molar-refractivity contribution in [2.45, 2.75) is 45.1 Å². The molecule has 0 spiro atoms. The summed E-state index contributed by atoms with van der Waals surface area (Å²) >= 11 is 0. The lowest BCUT2D eigenvalue weighted by molar-refractivity contribution is -0.135. The summed E-state index contributed by atoms with van der Waals surface area (Å²) < 4.78 is 0. The predicted octanol–water partition coefficient (Wildman–Crippen LogP) is 2.77. The van der Waals surface area contributed by atoms with Crippen molar-refractivity contribution in [3.05, 3.63) is 35.9 Å². The number of nitrogens with two attached hydrogens (primary N) is 1. The number of benzene rings is 1. The third-order valence-electron chi connectivity index (χ3n) is 4.37. The summed E-state index contributed by atoms with van der Waals surface area (Å²) in [6.07, 6.45) is 3.00. The van der Waals surface area contributed by atoms with Gasteiger partial charge in [-0.1, -0.05) is 44.2 Å². The molecule has 3 nitrogen and oxygen atoms in total. The van der Waals surface area contributed by atoms with Crippen LogP contribution in [0.1, 0.15) is 44.6 Å². The summed E-state index contributed by atoms with van der Waals surface area (Å²) in [4.78, 5) is 14.7. The van der Waals surface area contributed by atoms with Crippen LogP contribution < -0.4 is 5.73 Å². The molecule has 2 rings (SSSR count). The Kier molecular flexibility index (Phi) is 5.18. The van der Waals surface area contributed by atoms with Gasteiger partial charge < -0.3 is 10.6 Å².